The molecule has 1 aromatic carbocycles. The second-order valence-electron chi connectivity index (χ2n) is 8.65. The number of anilines is 2. The molecule has 0 aliphatic carbocycles. The van der Waals surface area contributed by atoms with E-state index < -0.39 is 36.7 Å². The number of fused-ring (bicyclic) bond motifs is 1. The Bertz CT molecular complexity index is 1300. The Labute approximate surface area is 210 Å². The number of aromatic nitrogens is 3. The first kappa shape index (κ1) is 26.1. The maximum Gasteiger partial charge on any atom is 0.248 e. The number of nitrogens with zero attached hydrogens (tertiary/aromatic N) is 5. The molecule has 4 rings (SSSR count). The topological polar surface area (TPSA) is 140 Å². The average molecular weight is 521 g/mol. The van der Waals surface area contributed by atoms with Crippen molar-refractivity contribution in [2.45, 2.75) is 31.7 Å². The number of carbonyl (C=O) groups excluding carboxylic acids is 1. The number of aliphatic hydroxyl groups is 1. The lowest BCUT2D eigenvalue weighted by Gasteiger charge is -2.34. The van der Waals surface area contributed by atoms with E-state index >= 15 is 4.39 Å². The number of halogens is 3. The first-order valence-electron chi connectivity index (χ1n) is 11.6. The van der Waals surface area contributed by atoms with Crippen molar-refractivity contribution >= 4 is 28.7 Å². The van der Waals surface area contributed by atoms with Crippen LogP contribution in [0.5, 0.6) is 5.88 Å². The summed E-state index contributed by atoms with van der Waals surface area (Å²) < 4.78 is 50.0. The third kappa shape index (κ3) is 5.43. The normalized spacial score (nSPS) is 18.5. The zero-order chi connectivity index (χ0) is 26.7. The maximum absolute atomic E-state index is 15.2. The lowest BCUT2D eigenvalue weighted by molar-refractivity contribution is -0.136. The van der Waals surface area contributed by atoms with Crippen LogP contribution in [0, 0.1) is 11.3 Å². The molecule has 14 heteroatoms. The maximum atomic E-state index is 15.2. The third-order valence-electron chi connectivity index (χ3n) is 6.07. The molecular weight excluding hydrogens is 493 g/mol. The average Bonchev–Trinajstić information content (AvgIpc) is 3.22. The molecule has 3 atom stereocenters. The van der Waals surface area contributed by atoms with E-state index in [9.17, 15) is 13.6 Å². The molecule has 0 bridgehead atoms. The van der Waals surface area contributed by atoms with Crippen LogP contribution >= 0.6 is 0 Å². The predicted octanol–water partition coefficient (Wildman–Crippen LogP) is 3.32. The van der Waals surface area contributed by atoms with Gasteiger partial charge in [0.15, 0.2) is 5.82 Å². The monoisotopic (exact) mass is 520 g/mol. The lowest BCUT2D eigenvalue weighted by Crippen LogP contribution is -2.50. The number of amides is 1. The summed E-state index contributed by atoms with van der Waals surface area (Å²) in [5.74, 6) is -1.15. The molecule has 1 amide bonds. The van der Waals surface area contributed by atoms with Gasteiger partial charge in [0.25, 0.3) is 0 Å². The van der Waals surface area contributed by atoms with Gasteiger partial charge >= 0.3 is 0 Å². The van der Waals surface area contributed by atoms with E-state index in [4.69, 9.17) is 15.4 Å². The summed E-state index contributed by atoms with van der Waals surface area (Å²) >= 11 is 0. The summed E-state index contributed by atoms with van der Waals surface area (Å²) in [5.41, 5.74) is 8.69. The molecular formula is C23H27F3N8O3. The number of benzene rings is 1. The SMILES string of the molecule is COc1nc(N[C@H]2CCN(C(=O)CO)C[C@H]2F)nn2cc(F)c(-c3ccc(N=N)c(NC[C@@H](C)F)c3)c12. The van der Waals surface area contributed by atoms with E-state index in [1.54, 1.807) is 12.1 Å². The fraction of sp³-hybridized carbons (Fsp3) is 0.435. The number of ether oxygens (including phenoxy) is 1. The standard InChI is InChI=1S/C23H27F3N8O3/c1-12(24)8-28-18-7-13(3-4-17(18)31-27)20-15(26)10-34-21(20)22(37-2)30-23(32-34)29-16-5-6-33(9-14(16)25)19(36)11-35/h3-4,7,10,12,14,16,27-28,35H,5-6,8-9,11H2,1-2H3,(H,29,32)/t12-,14-,16+/m1/s1. The van der Waals surface area contributed by atoms with Crippen molar-refractivity contribution in [2.24, 2.45) is 5.11 Å². The van der Waals surface area contributed by atoms with Gasteiger partial charge in [-0.2, -0.15) is 10.1 Å². The molecule has 3 aromatic rings. The summed E-state index contributed by atoms with van der Waals surface area (Å²) in [6, 6.07) is 3.91. The lowest BCUT2D eigenvalue weighted by atomic mass is 10.0. The number of alkyl halides is 2. The number of rotatable bonds is 9. The van der Waals surface area contributed by atoms with E-state index in [1.165, 1.54) is 29.5 Å². The van der Waals surface area contributed by atoms with Gasteiger partial charge < -0.3 is 25.4 Å². The van der Waals surface area contributed by atoms with Crippen LogP contribution in [0.3, 0.4) is 0 Å². The molecule has 1 fully saturated rings. The molecule has 198 valence electrons. The number of methoxy groups -OCH3 is 1. The zero-order valence-corrected chi connectivity index (χ0v) is 20.2. The first-order chi connectivity index (χ1) is 17.7. The van der Waals surface area contributed by atoms with Crippen molar-refractivity contribution in [3.63, 3.8) is 0 Å². The summed E-state index contributed by atoms with van der Waals surface area (Å²) in [4.78, 5) is 17.2. The van der Waals surface area contributed by atoms with Gasteiger partial charge in [0.05, 0.1) is 37.1 Å². The van der Waals surface area contributed by atoms with Crippen molar-refractivity contribution < 1.29 is 27.8 Å². The Morgan fingerprint density at radius 2 is 2.22 bits per heavy atom. The van der Waals surface area contributed by atoms with Gasteiger partial charge in [-0.25, -0.2) is 23.2 Å². The predicted molar refractivity (Wildman–Crippen MR) is 129 cm³/mol. The minimum Gasteiger partial charge on any atom is -0.479 e. The largest absolute Gasteiger partial charge is 0.479 e. The number of nitrogens with one attached hydrogen (secondary N) is 3. The van der Waals surface area contributed by atoms with Gasteiger partial charge in [-0.15, -0.1) is 5.10 Å². The fourth-order valence-corrected chi connectivity index (χ4v) is 4.24. The van der Waals surface area contributed by atoms with E-state index in [-0.39, 0.29) is 54.7 Å². The Hall–Kier alpha value is -3.94. The Morgan fingerprint density at radius 3 is 2.86 bits per heavy atom. The van der Waals surface area contributed by atoms with Crippen LogP contribution in [0.4, 0.5) is 30.5 Å². The Kier molecular flexibility index (Phi) is 7.76. The number of carbonyl (C=O) groups is 1. The van der Waals surface area contributed by atoms with Crippen LogP contribution < -0.4 is 15.4 Å². The Balaban J connectivity index is 1.66. The fourth-order valence-electron chi connectivity index (χ4n) is 4.24. The van der Waals surface area contributed by atoms with Crippen molar-refractivity contribution in [2.75, 3.05) is 44.0 Å². The minimum atomic E-state index is -1.44. The van der Waals surface area contributed by atoms with Crippen LogP contribution in [0.15, 0.2) is 29.5 Å². The van der Waals surface area contributed by atoms with Crippen molar-refractivity contribution in [3.8, 4) is 17.0 Å². The van der Waals surface area contributed by atoms with Crippen molar-refractivity contribution in [1.82, 2.24) is 19.5 Å². The van der Waals surface area contributed by atoms with Gasteiger partial charge in [-0.1, -0.05) is 6.07 Å². The first-order valence-corrected chi connectivity index (χ1v) is 11.6. The highest BCUT2D eigenvalue weighted by Gasteiger charge is 2.32. The molecule has 2 aromatic heterocycles. The molecule has 4 N–H and O–H groups in total. The van der Waals surface area contributed by atoms with Gasteiger partial charge in [0.2, 0.25) is 17.7 Å². The quantitative estimate of drug-likeness (QED) is 0.317. The zero-order valence-electron chi connectivity index (χ0n) is 20.2. The summed E-state index contributed by atoms with van der Waals surface area (Å²) in [5, 5.41) is 22.5. The van der Waals surface area contributed by atoms with Crippen molar-refractivity contribution in [3.05, 3.63) is 30.2 Å². The number of hydrogen-bond donors (Lipinski definition) is 4. The highest BCUT2D eigenvalue weighted by Crippen LogP contribution is 2.38. The molecule has 0 unspecified atom stereocenters. The third-order valence-corrected chi connectivity index (χ3v) is 6.07. The van der Waals surface area contributed by atoms with Crippen LogP contribution in [0.2, 0.25) is 0 Å². The minimum absolute atomic E-state index is 0.00290. The molecule has 0 saturated carbocycles. The molecule has 1 aliphatic heterocycles. The van der Waals surface area contributed by atoms with Gasteiger partial charge in [-0.05, 0) is 31.0 Å². The molecule has 3 heterocycles. The van der Waals surface area contributed by atoms with E-state index in [1.807, 2.05) is 0 Å². The second kappa shape index (κ2) is 11.0. The molecule has 0 radical (unpaired) electrons. The van der Waals surface area contributed by atoms with E-state index in [0.29, 0.717) is 11.3 Å². The van der Waals surface area contributed by atoms with Crippen LogP contribution in [0.25, 0.3) is 16.6 Å². The highest BCUT2D eigenvalue weighted by molar-refractivity contribution is 5.88. The molecule has 0 spiro atoms. The highest BCUT2D eigenvalue weighted by atomic mass is 19.1. The van der Waals surface area contributed by atoms with E-state index in [2.05, 4.69) is 25.8 Å². The molecule has 1 saturated heterocycles. The van der Waals surface area contributed by atoms with Crippen LogP contribution in [-0.2, 0) is 4.79 Å². The number of hydrogen-bond acceptors (Lipinski definition) is 9. The molecule has 1 aliphatic rings. The molecule has 11 nitrogen and oxygen atoms in total. The summed E-state index contributed by atoms with van der Waals surface area (Å²) in [7, 11) is 1.36. The smallest absolute Gasteiger partial charge is 0.248 e. The van der Waals surface area contributed by atoms with Crippen molar-refractivity contribution in [1.29, 1.82) is 5.53 Å². The second-order valence-corrected chi connectivity index (χ2v) is 8.65. The van der Waals surface area contributed by atoms with Crippen LogP contribution in [-0.4, -0.2) is 82.2 Å². The Morgan fingerprint density at radius 1 is 1.43 bits per heavy atom. The number of piperidine rings is 1. The van der Waals surface area contributed by atoms with E-state index in [0.717, 1.165) is 6.20 Å². The summed E-state index contributed by atoms with van der Waals surface area (Å²) in [6.45, 7) is 0.742. The van der Waals surface area contributed by atoms with Gasteiger partial charge in [0, 0.05) is 13.1 Å². The van der Waals surface area contributed by atoms with Crippen LogP contribution in [0.1, 0.15) is 13.3 Å². The molecule has 37 heavy (non-hydrogen) atoms. The van der Waals surface area contributed by atoms with Gasteiger partial charge in [-0.3, -0.25) is 4.79 Å². The van der Waals surface area contributed by atoms with Gasteiger partial charge in [0.1, 0.15) is 30.2 Å². The number of likely N-dealkylation sites (tertiary alicyclic amines) is 1. The summed E-state index contributed by atoms with van der Waals surface area (Å²) in [6.07, 6.45) is -1.21. The number of aliphatic hydroxyl groups excluding tert-OH is 1.